The topological polar surface area (TPSA) is 57.2 Å². The quantitative estimate of drug-likeness (QED) is 0.125. The van der Waals surface area contributed by atoms with Gasteiger partial charge < -0.3 is 15.0 Å². The summed E-state index contributed by atoms with van der Waals surface area (Å²) in [7, 11) is 0. The number of ether oxygens (including phenoxy) is 1. The van der Waals surface area contributed by atoms with E-state index in [0.717, 1.165) is 70.9 Å². The molecule has 0 saturated carbocycles. The first-order chi connectivity index (χ1) is 13.4. The molecule has 0 radical (unpaired) electrons. The number of guanidine groups is 1. The lowest BCUT2D eigenvalue weighted by molar-refractivity contribution is -0.154. The summed E-state index contributed by atoms with van der Waals surface area (Å²) < 4.78 is 5.34. The number of carbonyl (C=O) groups is 1. The van der Waals surface area contributed by atoms with Gasteiger partial charge in [0.05, 0.1) is 0 Å². The zero-order valence-corrected chi connectivity index (χ0v) is 21.1. The fraction of sp³-hybridized carbons (Fsp3) is 0.818. The van der Waals surface area contributed by atoms with Gasteiger partial charge in [-0.3, -0.25) is 14.7 Å². The van der Waals surface area contributed by atoms with Crippen LogP contribution in [0.1, 0.15) is 66.2 Å². The van der Waals surface area contributed by atoms with E-state index in [1.54, 1.807) is 0 Å². The smallest absolute Gasteiger partial charge is 0.306 e. The van der Waals surface area contributed by atoms with Gasteiger partial charge in [0, 0.05) is 51.7 Å². The van der Waals surface area contributed by atoms with Crippen molar-refractivity contribution in [3.8, 4) is 0 Å². The third-order valence-corrected chi connectivity index (χ3v) is 5.13. The number of nitrogens with one attached hydrogen (secondary N) is 1. The molecule has 0 aromatic carbocycles. The van der Waals surface area contributed by atoms with Crippen molar-refractivity contribution in [2.45, 2.75) is 77.9 Å². The van der Waals surface area contributed by atoms with E-state index in [0.29, 0.717) is 12.5 Å². The van der Waals surface area contributed by atoms with Crippen LogP contribution in [0.5, 0.6) is 0 Å². The van der Waals surface area contributed by atoms with E-state index >= 15 is 0 Å². The highest BCUT2D eigenvalue weighted by Gasteiger charge is 2.29. The Hall–Kier alpha value is -0.830. The van der Waals surface area contributed by atoms with Crippen LogP contribution < -0.4 is 5.32 Å². The Labute approximate surface area is 194 Å². The Bertz CT molecular complexity index is 537. The summed E-state index contributed by atoms with van der Waals surface area (Å²) in [5.41, 5.74) is -0.381. The molecule has 1 atom stereocenters. The molecule has 2 heterocycles. The van der Waals surface area contributed by atoms with Crippen molar-refractivity contribution < 1.29 is 9.53 Å². The van der Waals surface area contributed by atoms with Crippen LogP contribution in [0.15, 0.2) is 17.1 Å². The molecule has 1 fully saturated rings. The zero-order valence-electron chi connectivity index (χ0n) is 18.8. The van der Waals surface area contributed by atoms with E-state index in [9.17, 15) is 4.79 Å². The second-order valence-corrected chi connectivity index (χ2v) is 8.80. The van der Waals surface area contributed by atoms with Crippen molar-refractivity contribution in [1.82, 2.24) is 15.1 Å². The molecule has 0 aromatic rings. The molecule has 168 valence electrons. The van der Waals surface area contributed by atoms with Gasteiger partial charge in [-0.05, 0) is 47.0 Å². The van der Waals surface area contributed by atoms with Crippen LogP contribution in [0.25, 0.3) is 0 Å². The summed E-state index contributed by atoms with van der Waals surface area (Å²) in [6.45, 7) is 14.0. The molecule has 0 aliphatic carbocycles. The number of halogens is 1. The predicted molar refractivity (Wildman–Crippen MR) is 131 cm³/mol. The number of unbranched alkanes of at least 4 members (excludes halogenated alkanes) is 3. The van der Waals surface area contributed by atoms with Gasteiger partial charge in [0.25, 0.3) is 0 Å². The number of hydrogen-bond acceptors (Lipinski definition) is 4. The van der Waals surface area contributed by atoms with Crippen molar-refractivity contribution in [3.05, 3.63) is 12.2 Å². The molecule has 2 rings (SSSR count). The Morgan fingerprint density at radius 3 is 2.52 bits per heavy atom. The molecule has 2 aliphatic rings. The Morgan fingerprint density at radius 2 is 1.86 bits per heavy atom. The molecule has 6 nitrogen and oxygen atoms in total. The summed E-state index contributed by atoms with van der Waals surface area (Å²) in [6.07, 6.45) is 10.4. The average molecular weight is 521 g/mol. The number of likely N-dealkylation sites (tertiary alicyclic amines) is 1. The minimum absolute atomic E-state index is 0. The molecule has 1 N–H and O–H groups in total. The number of aliphatic imine (C=N–C) groups is 1. The molecule has 0 amide bonds. The summed E-state index contributed by atoms with van der Waals surface area (Å²) in [5, 5.41) is 3.45. The summed E-state index contributed by atoms with van der Waals surface area (Å²) in [5.74, 6) is 0.975. The second-order valence-electron chi connectivity index (χ2n) is 8.80. The first-order valence-electron chi connectivity index (χ1n) is 11.0. The molecular weight excluding hydrogens is 479 g/mol. The summed E-state index contributed by atoms with van der Waals surface area (Å²) >= 11 is 0. The Balaban J connectivity index is 0.00000420. The van der Waals surface area contributed by atoms with Crippen LogP contribution in [0, 0.1) is 0 Å². The first kappa shape index (κ1) is 26.2. The second kappa shape index (κ2) is 13.5. The molecular formula is C22H41IN4O2. The third-order valence-electron chi connectivity index (χ3n) is 5.13. The fourth-order valence-corrected chi connectivity index (χ4v) is 3.76. The third kappa shape index (κ3) is 10.2. The highest BCUT2D eigenvalue weighted by Crippen LogP contribution is 2.18. The molecule has 1 unspecified atom stereocenters. The largest absolute Gasteiger partial charge is 0.460 e. The highest BCUT2D eigenvalue weighted by molar-refractivity contribution is 14.0. The van der Waals surface area contributed by atoms with Crippen molar-refractivity contribution in [2.75, 3.05) is 39.3 Å². The predicted octanol–water partition coefficient (Wildman–Crippen LogP) is 3.81. The van der Waals surface area contributed by atoms with Gasteiger partial charge in [0.2, 0.25) is 0 Å². The van der Waals surface area contributed by atoms with Gasteiger partial charge in [-0.15, -0.1) is 24.0 Å². The molecule has 0 bridgehead atoms. The lowest BCUT2D eigenvalue weighted by Crippen LogP contribution is -2.42. The van der Waals surface area contributed by atoms with Gasteiger partial charge >= 0.3 is 5.97 Å². The first-order valence-corrected chi connectivity index (χ1v) is 11.0. The molecule has 0 spiro atoms. The SMILES string of the molecule is CCNC(=NCCCCCCC(=O)OC(C)(C)C)N1CCC(N2CC=CC2)C1.I. The maximum atomic E-state index is 11.7. The summed E-state index contributed by atoms with van der Waals surface area (Å²) in [4.78, 5) is 21.5. The zero-order chi connectivity index (χ0) is 20.4. The van der Waals surface area contributed by atoms with Gasteiger partial charge in [-0.25, -0.2) is 0 Å². The highest BCUT2D eigenvalue weighted by atomic mass is 127. The van der Waals surface area contributed by atoms with E-state index in [-0.39, 0.29) is 35.5 Å². The number of nitrogens with zero attached hydrogens (tertiary/aromatic N) is 3. The molecule has 2 aliphatic heterocycles. The van der Waals surface area contributed by atoms with Gasteiger partial charge in [-0.1, -0.05) is 25.0 Å². The normalized spacial score (nSPS) is 20.1. The van der Waals surface area contributed by atoms with Crippen LogP contribution >= 0.6 is 24.0 Å². The standard InChI is InChI=1S/C22H40N4O2.HI/c1-5-23-21(26-17-13-19(18-26)25-15-10-11-16-25)24-14-9-7-6-8-12-20(27)28-22(2,3)4;/h10-11,19H,5-9,12-18H2,1-4H3,(H,23,24);1H. The van der Waals surface area contributed by atoms with Crippen LogP contribution in [0.2, 0.25) is 0 Å². The van der Waals surface area contributed by atoms with Crippen LogP contribution in [-0.2, 0) is 9.53 Å². The van der Waals surface area contributed by atoms with Crippen molar-refractivity contribution >= 4 is 35.9 Å². The number of carbonyl (C=O) groups excluding carboxylic acids is 1. The minimum Gasteiger partial charge on any atom is -0.460 e. The van der Waals surface area contributed by atoms with E-state index in [2.05, 4.69) is 34.2 Å². The Kier molecular flexibility index (Phi) is 12.2. The lowest BCUT2D eigenvalue weighted by Gasteiger charge is -2.25. The van der Waals surface area contributed by atoms with Gasteiger partial charge in [-0.2, -0.15) is 0 Å². The van der Waals surface area contributed by atoms with Gasteiger partial charge in [0.1, 0.15) is 5.60 Å². The molecule has 0 aromatic heterocycles. The van der Waals surface area contributed by atoms with Crippen LogP contribution in [0.3, 0.4) is 0 Å². The fourth-order valence-electron chi connectivity index (χ4n) is 3.76. The number of esters is 1. The monoisotopic (exact) mass is 520 g/mol. The van der Waals surface area contributed by atoms with Crippen molar-refractivity contribution in [2.24, 2.45) is 4.99 Å². The van der Waals surface area contributed by atoms with E-state index in [1.807, 2.05) is 20.8 Å². The van der Waals surface area contributed by atoms with Crippen molar-refractivity contribution in [1.29, 1.82) is 0 Å². The van der Waals surface area contributed by atoms with E-state index in [4.69, 9.17) is 9.73 Å². The minimum atomic E-state index is -0.381. The molecule has 1 saturated heterocycles. The van der Waals surface area contributed by atoms with Gasteiger partial charge in [0.15, 0.2) is 5.96 Å². The van der Waals surface area contributed by atoms with Crippen molar-refractivity contribution in [3.63, 3.8) is 0 Å². The lowest BCUT2D eigenvalue weighted by atomic mass is 10.1. The van der Waals surface area contributed by atoms with Crippen LogP contribution in [-0.4, -0.2) is 72.6 Å². The number of rotatable bonds is 9. The van der Waals surface area contributed by atoms with E-state index in [1.165, 1.54) is 6.42 Å². The summed E-state index contributed by atoms with van der Waals surface area (Å²) in [6, 6.07) is 0.645. The maximum Gasteiger partial charge on any atom is 0.306 e. The molecule has 7 heteroatoms. The Morgan fingerprint density at radius 1 is 1.17 bits per heavy atom. The molecule has 29 heavy (non-hydrogen) atoms. The number of hydrogen-bond donors (Lipinski definition) is 1. The van der Waals surface area contributed by atoms with Crippen LogP contribution in [0.4, 0.5) is 0 Å². The average Bonchev–Trinajstić information content (AvgIpc) is 3.29. The maximum absolute atomic E-state index is 11.7. The van der Waals surface area contributed by atoms with E-state index < -0.39 is 0 Å².